The van der Waals surface area contributed by atoms with Gasteiger partial charge in [0.15, 0.2) is 0 Å². The molecule has 8 aromatic carbocycles. The van der Waals surface area contributed by atoms with Crippen LogP contribution in [-0.2, 0) is 31.9 Å². The topological polar surface area (TPSA) is 50.9 Å². The third-order valence-electron chi connectivity index (χ3n) is 12.9. The van der Waals surface area contributed by atoms with Crippen LogP contribution in [-0.4, -0.2) is 19.6 Å². The molecule has 0 unspecified atom stereocenters. The van der Waals surface area contributed by atoms with E-state index in [0.29, 0.717) is 11.4 Å². The number of phenols is 1. The van der Waals surface area contributed by atoms with Crippen molar-refractivity contribution in [2.24, 2.45) is 0 Å². The van der Waals surface area contributed by atoms with E-state index in [1.165, 1.54) is 16.7 Å². The summed E-state index contributed by atoms with van der Waals surface area (Å²) in [5.74, 6) is 1.14. The fraction of sp³-hybridized carbons (Fsp3) is 0.180. The van der Waals surface area contributed by atoms with Crippen LogP contribution in [0, 0.1) is 6.07 Å². The first-order valence-corrected chi connectivity index (χ1v) is 22.7. The normalized spacial score (nSPS) is 12.0. The van der Waals surface area contributed by atoms with Crippen LogP contribution in [0.5, 0.6) is 5.75 Å². The summed E-state index contributed by atoms with van der Waals surface area (Å²) < 4.78 is 2.30. The summed E-state index contributed by atoms with van der Waals surface area (Å²) in [5.41, 5.74) is 15.0. The molecule has 1 N–H and O–H groups in total. The minimum atomic E-state index is -0.322. The van der Waals surface area contributed by atoms with E-state index in [-0.39, 0.29) is 43.6 Å². The number of pyridine rings is 1. The average molecular weight is 1040 g/mol. The fourth-order valence-electron chi connectivity index (χ4n) is 9.25. The van der Waals surface area contributed by atoms with Gasteiger partial charge in [-0.1, -0.05) is 188 Å². The maximum Gasteiger partial charge on any atom is 0.148 e. The first-order valence-electron chi connectivity index (χ1n) is 22.7. The number of imidazole rings is 1. The summed E-state index contributed by atoms with van der Waals surface area (Å²) in [4.78, 5) is 10.5. The number of aromatic hydroxyl groups is 1. The van der Waals surface area contributed by atoms with Gasteiger partial charge in [0.25, 0.3) is 0 Å². The Kier molecular flexibility index (Phi) is 11.7. The monoisotopic (exact) mass is 1040 g/mol. The number of hydrogen-bond donors (Lipinski definition) is 1. The van der Waals surface area contributed by atoms with Crippen molar-refractivity contribution in [1.29, 1.82) is 0 Å². The Bertz CT molecular complexity index is 3410. The van der Waals surface area contributed by atoms with Gasteiger partial charge in [0.2, 0.25) is 0 Å². The van der Waals surface area contributed by atoms with E-state index in [1.807, 2.05) is 12.3 Å². The summed E-state index contributed by atoms with van der Waals surface area (Å²) in [6, 6.07) is 62.1. The first kappa shape index (κ1) is 44.6. The molecule has 0 saturated carbocycles. The Morgan fingerprint density at radius 1 is 0.576 bits per heavy atom. The molecule has 0 saturated heterocycles. The molecule has 0 spiro atoms. The standard InChI is InChI=1S/C61H54N3O.Pt/c1-38(2)49-33-45(42-21-19-41(20-22-42)39-15-11-9-12-16-39)28-29-54(49)64-55-30-27-44-25-23-43-24-26-47(53-35-46(31-32-62-53)40-17-13-10-14-18-40)34-50(43)56(44)57(55)63-59(64)51-36-48(60(3,4)5)37-52(58(51)65)61(6,7)8;/h9-33,35-38,65H,1-8H3;/q-1;. The van der Waals surface area contributed by atoms with Crippen LogP contribution >= 0.6 is 0 Å². The van der Waals surface area contributed by atoms with Gasteiger partial charge in [-0.15, -0.1) is 23.6 Å². The largest absolute Gasteiger partial charge is 0.507 e. The number of phenolic OH excluding ortho intramolecular Hbond substituents is 1. The Labute approximate surface area is 403 Å². The third kappa shape index (κ3) is 8.18. The van der Waals surface area contributed by atoms with Crippen molar-refractivity contribution in [3.05, 3.63) is 193 Å². The van der Waals surface area contributed by atoms with Gasteiger partial charge in [-0.05, 0) is 102 Å². The van der Waals surface area contributed by atoms with E-state index in [4.69, 9.17) is 9.97 Å². The summed E-state index contributed by atoms with van der Waals surface area (Å²) in [5, 5.41) is 16.7. The smallest absolute Gasteiger partial charge is 0.148 e. The Morgan fingerprint density at radius 2 is 1.15 bits per heavy atom. The van der Waals surface area contributed by atoms with E-state index in [0.717, 1.165) is 82.9 Å². The molecule has 0 bridgehead atoms. The van der Waals surface area contributed by atoms with Gasteiger partial charge >= 0.3 is 0 Å². The molecule has 0 fully saturated rings. The number of benzene rings is 8. The molecule has 10 aromatic rings. The molecule has 0 radical (unpaired) electrons. The molecule has 0 aliphatic carbocycles. The van der Waals surface area contributed by atoms with E-state index in [1.54, 1.807) is 0 Å². The molecule has 0 atom stereocenters. The van der Waals surface area contributed by atoms with Crippen molar-refractivity contribution < 1.29 is 26.2 Å². The maximum atomic E-state index is 12.5. The Balaban J connectivity index is 0.00000548. The number of fused-ring (bicyclic) bond motifs is 5. The third-order valence-corrected chi connectivity index (χ3v) is 12.9. The average Bonchev–Trinajstić information content (AvgIpc) is 3.70. The van der Waals surface area contributed by atoms with Gasteiger partial charge in [0, 0.05) is 38.5 Å². The van der Waals surface area contributed by atoms with E-state index >= 15 is 0 Å². The fourth-order valence-corrected chi connectivity index (χ4v) is 9.25. The van der Waals surface area contributed by atoms with Gasteiger partial charge in [-0.3, -0.25) is 9.55 Å². The van der Waals surface area contributed by atoms with Crippen LogP contribution in [0.4, 0.5) is 0 Å². The zero-order valence-electron chi connectivity index (χ0n) is 38.8. The van der Waals surface area contributed by atoms with Gasteiger partial charge in [0.1, 0.15) is 11.6 Å². The molecule has 330 valence electrons. The van der Waals surface area contributed by atoms with Gasteiger partial charge in [-0.25, -0.2) is 4.98 Å². The minimum Gasteiger partial charge on any atom is -0.507 e. The van der Waals surface area contributed by atoms with Crippen LogP contribution in [0.1, 0.15) is 78.0 Å². The molecule has 2 heterocycles. The predicted molar refractivity (Wildman–Crippen MR) is 273 cm³/mol. The second kappa shape index (κ2) is 17.3. The number of nitrogens with zero attached hydrogens (tertiary/aromatic N) is 3. The molecule has 10 rings (SSSR count). The SMILES string of the molecule is CC(C)c1cc(-c2ccc(-c3ccccc3)cc2)ccc1-n1c(-c2cc(C(C)(C)C)cc(C(C)(C)C)c2O)nc2c3c(ccc4ccc(-c5cc(-c6ccccc6)ccn5)[c-]c43)ccc21.[Pt]. The van der Waals surface area contributed by atoms with Crippen molar-refractivity contribution >= 4 is 32.6 Å². The van der Waals surface area contributed by atoms with Crippen molar-refractivity contribution in [2.45, 2.75) is 72.1 Å². The minimum absolute atomic E-state index is 0. The van der Waals surface area contributed by atoms with E-state index < -0.39 is 0 Å². The summed E-state index contributed by atoms with van der Waals surface area (Å²) in [7, 11) is 0. The first-order chi connectivity index (χ1) is 31.2. The van der Waals surface area contributed by atoms with E-state index in [9.17, 15) is 5.11 Å². The zero-order chi connectivity index (χ0) is 45.2. The van der Waals surface area contributed by atoms with Crippen LogP contribution in [0.3, 0.4) is 0 Å². The van der Waals surface area contributed by atoms with Crippen molar-refractivity contribution in [3.8, 4) is 67.5 Å². The predicted octanol–water partition coefficient (Wildman–Crippen LogP) is 16.3. The van der Waals surface area contributed by atoms with Gasteiger partial charge < -0.3 is 5.11 Å². The maximum absolute atomic E-state index is 12.5. The van der Waals surface area contributed by atoms with Crippen LogP contribution < -0.4 is 0 Å². The van der Waals surface area contributed by atoms with Crippen molar-refractivity contribution in [2.75, 3.05) is 0 Å². The quantitative estimate of drug-likeness (QED) is 0.128. The summed E-state index contributed by atoms with van der Waals surface area (Å²) in [6.45, 7) is 17.7. The summed E-state index contributed by atoms with van der Waals surface area (Å²) >= 11 is 0. The molecular formula is C61H54N3OPt-. The second-order valence-corrected chi connectivity index (χ2v) is 19.8. The van der Waals surface area contributed by atoms with Crippen LogP contribution in [0.2, 0.25) is 0 Å². The molecule has 0 aliphatic heterocycles. The number of rotatable bonds is 7. The molecule has 2 aromatic heterocycles. The molecule has 4 nitrogen and oxygen atoms in total. The summed E-state index contributed by atoms with van der Waals surface area (Å²) in [6.07, 6.45) is 1.88. The molecule has 0 aliphatic rings. The van der Waals surface area contributed by atoms with Crippen molar-refractivity contribution in [3.63, 3.8) is 0 Å². The van der Waals surface area contributed by atoms with Gasteiger partial charge in [-0.2, -0.15) is 0 Å². The molecule has 66 heavy (non-hydrogen) atoms. The zero-order valence-corrected chi connectivity index (χ0v) is 41.1. The molecule has 5 heteroatoms. The molecule has 0 amide bonds. The van der Waals surface area contributed by atoms with E-state index in [2.05, 4.69) is 224 Å². The molecular weight excluding hydrogens is 986 g/mol. The van der Waals surface area contributed by atoms with Crippen LogP contribution in [0.15, 0.2) is 170 Å². The van der Waals surface area contributed by atoms with Crippen molar-refractivity contribution in [1.82, 2.24) is 14.5 Å². The second-order valence-electron chi connectivity index (χ2n) is 19.8. The Hall–Kier alpha value is -6.61. The van der Waals surface area contributed by atoms with Crippen LogP contribution in [0.25, 0.3) is 94.3 Å². The number of hydrogen-bond acceptors (Lipinski definition) is 3. The van der Waals surface area contributed by atoms with Gasteiger partial charge in [0.05, 0.1) is 22.3 Å². The Morgan fingerprint density at radius 3 is 1.80 bits per heavy atom. The number of aromatic nitrogens is 3.